The number of hydrogen-bond acceptors (Lipinski definition) is 3. The Labute approximate surface area is 107 Å². The van der Waals surface area contributed by atoms with Crippen LogP contribution in [0.25, 0.3) is 0 Å². The number of carbonyl (C=O) groups is 2. The quantitative estimate of drug-likeness (QED) is 0.882. The highest BCUT2D eigenvalue weighted by molar-refractivity contribution is 9.10. The van der Waals surface area contributed by atoms with Gasteiger partial charge in [-0.2, -0.15) is 0 Å². The van der Waals surface area contributed by atoms with Crippen LogP contribution >= 0.6 is 15.9 Å². The van der Waals surface area contributed by atoms with Gasteiger partial charge in [0, 0.05) is 11.5 Å². The number of halogens is 1. The summed E-state index contributed by atoms with van der Waals surface area (Å²) in [6.45, 7) is 1.54. The number of carboxylic acid groups (broad SMARTS) is 1. The smallest absolute Gasteiger partial charge is 0.326 e. The van der Waals surface area contributed by atoms with Crippen molar-refractivity contribution in [3.8, 4) is 0 Å². The molecule has 6 heteroatoms. The van der Waals surface area contributed by atoms with Crippen molar-refractivity contribution in [1.29, 1.82) is 0 Å². The van der Waals surface area contributed by atoms with Gasteiger partial charge in [0.2, 0.25) is 0 Å². The Morgan fingerprint density at radius 2 is 2.06 bits per heavy atom. The molecule has 0 aliphatic rings. The Balaban J connectivity index is 3.26. The molecule has 0 heterocycles. The van der Waals surface area contributed by atoms with Gasteiger partial charge in [0.15, 0.2) is 0 Å². The summed E-state index contributed by atoms with van der Waals surface area (Å²) >= 11 is 3.23. The molecule has 1 unspecified atom stereocenters. The van der Waals surface area contributed by atoms with E-state index in [4.69, 9.17) is 10.8 Å². The molecule has 3 N–H and O–H groups in total. The first-order chi connectivity index (χ1) is 7.86. The molecule has 0 bridgehead atoms. The van der Waals surface area contributed by atoms with Gasteiger partial charge >= 0.3 is 5.97 Å². The van der Waals surface area contributed by atoms with Gasteiger partial charge < -0.3 is 15.7 Å². The lowest BCUT2D eigenvalue weighted by molar-refractivity contribution is -0.138. The molecule has 92 valence electrons. The number of benzene rings is 1. The number of hydrogen-bond donors (Lipinski definition) is 2. The average Bonchev–Trinajstić information content (AvgIpc) is 2.25. The third kappa shape index (κ3) is 2.76. The second-order valence-electron chi connectivity index (χ2n) is 3.62. The maximum atomic E-state index is 11.4. The predicted molar refractivity (Wildman–Crippen MR) is 68.2 cm³/mol. The number of aliphatic carboxylic acids is 1. The molecule has 0 aliphatic heterocycles. The normalized spacial score (nSPS) is 11.9. The van der Waals surface area contributed by atoms with Crippen LogP contribution in [0.4, 0.5) is 5.69 Å². The van der Waals surface area contributed by atoms with Gasteiger partial charge in [0.1, 0.15) is 6.04 Å². The van der Waals surface area contributed by atoms with Crippen molar-refractivity contribution in [3.05, 3.63) is 28.2 Å². The minimum absolute atomic E-state index is 0.281. The number of amides is 1. The minimum Gasteiger partial charge on any atom is -0.480 e. The standard InChI is InChI=1S/C11H13BrN2O3/c1-6(11(16)17)14(2)8-5-3-4-7(12)9(8)10(13)15/h3-6H,1-2H3,(H2,13,15)(H,16,17). The van der Waals surface area contributed by atoms with E-state index in [1.807, 2.05) is 0 Å². The topological polar surface area (TPSA) is 83.6 Å². The molecule has 17 heavy (non-hydrogen) atoms. The second kappa shape index (κ2) is 5.18. The number of rotatable bonds is 4. The number of likely N-dealkylation sites (N-methyl/N-ethyl adjacent to an activating group) is 1. The van der Waals surface area contributed by atoms with E-state index in [1.54, 1.807) is 25.2 Å². The van der Waals surface area contributed by atoms with Crippen LogP contribution in [0, 0.1) is 0 Å². The summed E-state index contributed by atoms with van der Waals surface area (Å²) in [5.74, 6) is -1.57. The van der Waals surface area contributed by atoms with E-state index in [-0.39, 0.29) is 5.56 Å². The molecule has 1 aromatic rings. The number of anilines is 1. The van der Waals surface area contributed by atoms with Gasteiger partial charge in [0.25, 0.3) is 5.91 Å². The Bertz CT molecular complexity index is 462. The summed E-state index contributed by atoms with van der Waals surface area (Å²) in [4.78, 5) is 23.8. The molecule has 0 saturated carbocycles. The lowest BCUT2D eigenvalue weighted by atomic mass is 10.1. The van der Waals surface area contributed by atoms with E-state index in [2.05, 4.69) is 15.9 Å². The Kier molecular flexibility index (Phi) is 4.11. The zero-order valence-corrected chi connectivity index (χ0v) is 11.1. The molecular weight excluding hydrogens is 288 g/mol. The minimum atomic E-state index is -0.970. The molecule has 0 radical (unpaired) electrons. The lowest BCUT2D eigenvalue weighted by Crippen LogP contribution is -2.37. The number of nitrogens with two attached hydrogens (primary N) is 1. The maximum absolute atomic E-state index is 11.4. The first kappa shape index (κ1) is 13.5. The summed E-state index contributed by atoms with van der Waals surface area (Å²) in [7, 11) is 1.60. The highest BCUT2D eigenvalue weighted by atomic mass is 79.9. The van der Waals surface area contributed by atoms with Crippen LogP contribution < -0.4 is 10.6 Å². The van der Waals surface area contributed by atoms with Crippen molar-refractivity contribution in [2.75, 3.05) is 11.9 Å². The van der Waals surface area contributed by atoms with Crippen molar-refractivity contribution in [2.24, 2.45) is 5.73 Å². The highest BCUT2D eigenvalue weighted by Gasteiger charge is 2.22. The first-order valence-electron chi connectivity index (χ1n) is 4.90. The largest absolute Gasteiger partial charge is 0.480 e. The highest BCUT2D eigenvalue weighted by Crippen LogP contribution is 2.27. The third-order valence-corrected chi connectivity index (χ3v) is 3.22. The van der Waals surface area contributed by atoms with Crippen LogP contribution in [-0.4, -0.2) is 30.1 Å². The molecule has 1 atom stereocenters. The first-order valence-corrected chi connectivity index (χ1v) is 5.69. The summed E-state index contributed by atoms with van der Waals surface area (Å²) < 4.78 is 0.548. The van der Waals surface area contributed by atoms with E-state index in [0.29, 0.717) is 10.2 Å². The van der Waals surface area contributed by atoms with Gasteiger partial charge in [-0.1, -0.05) is 6.07 Å². The fourth-order valence-electron chi connectivity index (χ4n) is 1.42. The fourth-order valence-corrected chi connectivity index (χ4v) is 1.98. The molecule has 0 fully saturated rings. The average molecular weight is 301 g/mol. The van der Waals surface area contributed by atoms with Crippen LogP contribution in [0.3, 0.4) is 0 Å². The number of carbonyl (C=O) groups excluding carboxylic acids is 1. The zero-order chi connectivity index (χ0) is 13.2. The molecule has 5 nitrogen and oxygen atoms in total. The fraction of sp³-hybridized carbons (Fsp3) is 0.273. The van der Waals surface area contributed by atoms with E-state index in [0.717, 1.165) is 0 Å². The van der Waals surface area contributed by atoms with Gasteiger partial charge in [-0.25, -0.2) is 4.79 Å². The predicted octanol–water partition coefficient (Wildman–Crippen LogP) is 1.46. The van der Waals surface area contributed by atoms with Gasteiger partial charge in [-0.15, -0.1) is 0 Å². The van der Waals surface area contributed by atoms with E-state index >= 15 is 0 Å². The van der Waals surface area contributed by atoms with E-state index in [1.165, 1.54) is 11.8 Å². The number of nitrogens with zero attached hydrogens (tertiary/aromatic N) is 1. The van der Waals surface area contributed by atoms with Crippen molar-refractivity contribution in [1.82, 2.24) is 0 Å². The second-order valence-corrected chi connectivity index (χ2v) is 4.48. The molecule has 1 aromatic carbocycles. The van der Waals surface area contributed by atoms with E-state index < -0.39 is 17.9 Å². The van der Waals surface area contributed by atoms with Crippen LogP contribution in [0.15, 0.2) is 22.7 Å². The van der Waals surface area contributed by atoms with Gasteiger partial charge in [0.05, 0.1) is 11.3 Å². The van der Waals surface area contributed by atoms with Crippen LogP contribution in [0.5, 0.6) is 0 Å². The molecule has 1 amide bonds. The third-order valence-electron chi connectivity index (χ3n) is 2.56. The summed E-state index contributed by atoms with van der Waals surface area (Å²) in [6.07, 6.45) is 0. The molecular formula is C11H13BrN2O3. The molecule has 0 spiro atoms. The Hall–Kier alpha value is -1.56. The maximum Gasteiger partial charge on any atom is 0.326 e. The summed E-state index contributed by atoms with van der Waals surface area (Å²) in [5.41, 5.74) is 6.05. The van der Waals surface area contributed by atoms with Gasteiger partial charge in [-0.3, -0.25) is 4.79 Å². The molecule has 1 rings (SSSR count). The summed E-state index contributed by atoms with van der Waals surface area (Å²) in [5, 5.41) is 8.94. The molecule has 0 aromatic heterocycles. The monoisotopic (exact) mass is 300 g/mol. The van der Waals surface area contributed by atoms with Gasteiger partial charge in [-0.05, 0) is 35.0 Å². The Morgan fingerprint density at radius 3 is 2.53 bits per heavy atom. The molecule has 0 aliphatic carbocycles. The van der Waals surface area contributed by atoms with Crippen LogP contribution in [0.2, 0.25) is 0 Å². The Morgan fingerprint density at radius 1 is 1.47 bits per heavy atom. The lowest BCUT2D eigenvalue weighted by Gasteiger charge is -2.25. The summed E-state index contributed by atoms with van der Waals surface area (Å²) in [6, 6.07) is 4.31. The van der Waals surface area contributed by atoms with Crippen molar-refractivity contribution < 1.29 is 14.7 Å². The number of carboxylic acids is 1. The van der Waals surface area contributed by atoms with Crippen molar-refractivity contribution in [3.63, 3.8) is 0 Å². The zero-order valence-electron chi connectivity index (χ0n) is 9.48. The van der Waals surface area contributed by atoms with Crippen molar-refractivity contribution >= 4 is 33.5 Å². The van der Waals surface area contributed by atoms with Crippen LogP contribution in [0.1, 0.15) is 17.3 Å². The van der Waals surface area contributed by atoms with E-state index in [9.17, 15) is 9.59 Å². The van der Waals surface area contributed by atoms with Crippen molar-refractivity contribution in [2.45, 2.75) is 13.0 Å². The SMILES string of the molecule is CC(C(=O)O)N(C)c1cccc(Br)c1C(N)=O. The molecule has 0 saturated heterocycles. The van der Waals surface area contributed by atoms with Crippen LogP contribution in [-0.2, 0) is 4.79 Å². The number of primary amides is 1.